The van der Waals surface area contributed by atoms with E-state index < -0.39 is 11.7 Å². The molecule has 2 heterocycles. The number of nitrogens with zero attached hydrogens (tertiary/aromatic N) is 1. The molecule has 0 bridgehead atoms. The smallest absolute Gasteiger partial charge is 0.337 e. The molecule has 3 rings (SSSR count). The summed E-state index contributed by atoms with van der Waals surface area (Å²) in [7, 11) is 0. The van der Waals surface area contributed by atoms with Crippen LogP contribution in [0.2, 0.25) is 0 Å². The van der Waals surface area contributed by atoms with Gasteiger partial charge in [0, 0.05) is 18.8 Å². The van der Waals surface area contributed by atoms with E-state index in [0.29, 0.717) is 37.3 Å². The summed E-state index contributed by atoms with van der Waals surface area (Å²) in [6.07, 6.45) is 0. The first kappa shape index (κ1) is 11.8. The zero-order valence-corrected chi connectivity index (χ0v) is 10.1. The molecule has 0 radical (unpaired) electrons. The number of anilines is 1. The van der Waals surface area contributed by atoms with Crippen LogP contribution in [0.4, 0.5) is 5.69 Å². The van der Waals surface area contributed by atoms with Gasteiger partial charge < -0.3 is 24.7 Å². The molecule has 0 saturated carbocycles. The van der Waals surface area contributed by atoms with Gasteiger partial charge in [0.05, 0.1) is 29.8 Å². The number of nitrogens with one attached hydrogen (secondary N) is 2. The van der Waals surface area contributed by atoms with Crippen LogP contribution in [0.25, 0.3) is 11.0 Å². The van der Waals surface area contributed by atoms with Gasteiger partial charge in [0.15, 0.2) is 0 Å². The number of aromatic nitrogens is 2. The van der Waals surface area contributed by atoms with Crippen LogP contribution in [0.1, 0.15) is 10.4 Å². The molecule has 0 spiro atoms. The Morgan fingerprint density at radius 1 is 1.26 bits per heavy atom. The van der Waals surface area contributed by atoms with Crippen molar-refractivity contribution in [2.75, 3.05) is 31.2 Å². The summed E-state index contributed by atoms with van der Waals surface area (Å²) in [5, 5.41) is 9.24. The molecule has 1 aromatic carbocycles. The Morgan fingerprint density at radius 3 is 2.68 bits per heavy atom. The van der Waals surface area contributed by atoms with E-state index in [-0.39, 0.29) is 5.56 Å². The number of benzene rings is 1. The van der Waals surface area contributed by atoms with Crippen molar-refractivity contribution in [2.45, 2.75) is 0 Å². The fourth-order valence-electron chi connectivity index (χ4n) is 2.30. The predicted molar refractivity (Wildman–Crippen MR) is 68.9 cm³/mol. The van der Waals surface area contributed by atoms with Gasteiger partial charge in [-0.25, -0.2) is 9.59 Å². The van der Waals surface area contributed by atoms with Gasteiger partial charge in [-0.15, -0.1) is 0 Å². The number of aromatic amines is 2. The first-order chi connectivity index (χ1) is 9.15. The maximum absolute atomic E-state index is 11.3. The normalized spacial score (nSPS) is 15.9. The molecule has 2 aromatic rings. The lowest BCUT2D eigenvalue weighted by atomic mass is 10.1. The quantitative estimate of drug-likeness (QED) is 0.728. The number of fused-ring (bicyclic) bond motifs is 1. The van der Waals surface area contributed by atoms with Gasteiger partial charge in [-0.1, -0.05) is 0 Å². The number of carboxylic acids is 1. The van der Waals surface area contributed by atoms with Crippen molar-refractivity contribution in [2.24, 2.45) is 0 Å². The summed E-state index contributed by atoms with van der Waals surface area (Å²) < 4.78 is 5.27. The minimum atomic E-state index is -1.06. The van der Waals surface area contributed by atoms with E-state index in [0.717, 1.165) is 5.69 Å². The molecule has 1 saturated heterocycles. The number of hydrogen-bond donors (Lipinski definition) is 3. The molecular formula is C12H13N3O4. The third-order valence-corrected chi connectivity index (χ3v) is 3.22. The number of ether oxygens (including phenoxy) is 1. The van der Waals surface area contributed by atoms with Crippen LogP contribution in [0.15, 0.2) is 16.9 Å². The van der Waals surface area contributed by atoms with E-state index >= 15 is 0 Å². The molecule has 1 aliphatic rings. The van der Waals surface area contributed by atoms with Gasteiger partial charge in [0.1, 0.15) is 0 Å². The number of hydrogen-bond acceptors (Lipinski definition) is 4. The Balaban J connectivity index is 2.15. The van der Waals surface area contributed by atoms with Crippen molar-refractivity contribution in [3.8, 4) is 0 Å². The van der Waals surface area contributed by atoms with Crippen LogP contribution in [0.5, 0.6) is 0 Å². The molecular weight excluding hydrogens is 250 g/mol. The maximum atomic E-state index is 11.3. The van der Waals surface area contributed by atoms with E-state index in [1.54, 1.807) is 12.1 Å². The standard InChI is InChI=1S/C12H13N3O4/c16-11(17)8-5-7(15-1-3-19-4-2-15)6-9-10(8)14-12(18)13-9/h5-6H,1-4H2,(H,16,17)(H2,13,14,18). The molecule has 1 fully saturated rings. The lowest BCUT2D eigenvalue weighted by Gasteiger charge is -2.29. The first-order valence-corrected chi connectivity index (χ1v) is 5.97. The summed E-state index contributed by atoms with van der Waals surface area (Å²) >= 11 is 0. The minimum Gasteiger partial charge on any atom is -0.478 e. The monoisotopic (exact) mass is 263 g/mol. The zero-order chi connectivity index (χ0) is 13.4. The van der Waals surface area contributed by atoms with Gasteiger partial charge in [0.2, 0.25) is 0 Å². The van der Waals surface area contributed by atoms with E-state index in [1.807, 2.05) is 4.90 Å². The highest BCUT2D eigenvalue weighted by Crippen LogP contribution is 2.24. The number of imidazole rings is 1. The molecule has 1 aliphatic heterocycles. The molecule has 3 N–H and O–H groups in total. The lowest BCUT2D eigenvalue weighted by molar-refractivity contribution is 0.0699. The number of rotatable bonds is 2. The Morgan fingerprint density at radius 2 is 2.00 bits per heavy atom. The molecule has 7 heteroatoms. The van der Waals surface area contributed by atoms with E-state index in [1.165, 1.54) is 0 Å². The number of carboxylic acid groups (broad SMARTS) is 1. The number of aromatic carboxylic acids is 1. The highest BCUT2D eigenvalue weighted by molar-refractivity contribution is 6.02. The third-order valence-electron chi connectivity index (χ3n) is 3.22. The van der Waals surface area contributed by atoms with Crippen molar-refractivity contribution in [1.29, 1.82) is 0 Å². The largest absolute Gasteiger partial charge is 0.478 e. The Labute approximate surface area is 107 Å². The molecule has 1 aromatic heterocycles. The SMILES string of the molecule is O=C(O)c1cc(N2CCOCC2)cc2[nH]c(=O)[nH]c12. The van der Waals surface area contributed by atoms with Gasteiger partial charge in [-0.2, -0.15) is 0 Å². The maximum Gasteiger partial charge on any atom is 0.337 e. The summed E-state index contributed by atoms with van der Waals surface area (Å²) in [4.78, 5) is 29.7. The van der Waals surface area contributed by atoms with E-state index in [4.69, 9.17) is 4.74 Å². The molecule has 0 atom stereocenters. The average Bonchev–Trinajstić information content (AvgIpc) is 2.78. The first-order valence-electron chi connectivity index (χ1n) is 5.97. The zero-order valence-electron chi connectivity index (χ0n) is 10.1. The highest BCUT2D eigenvalue weighted by Gasteiger charge is 2.17. The van der Waals surface area contributed by atoms with Crippen LogP contribution in [-0.2, 0) is 4.74 Å². The average molecular weight is 263 g/mol. The van der Waals surface area contributed by atoms with Crippen molar-refractivity contribution >= 4 is 22.7 Å². The van der Waals surface area contributed by atoms with Crippen LogP contribution in [-0.4, -0.2) is 47.3 Å². The molecule has 0 amide bonds. The second-order valence-corrected chi connectivity index (χ2v) is 4.40. The van der Waals surface area contributed by atoms with Gasteiger partial charge in [-0.05, 0) is 12.1 Å². The van der Waals surface area contributed by atoms with Crippen molar-refractivity contribution in [3.63, 3.8) is 0 Å². The number of H-pyrrole nitrogens is 2. The van der Waals surface area contributed by atoms with Crippen LogP contribution < -0.4 is 10.6 Å². The minimum absolute atomic E-state index is 0.0948. The van der Waals surface area contributed by atoms with Crippen LogP contribution >= 0.6 is 0 Å². The fourth-order valence-corrected chi connectivity index (χ4v) is 2.30. The van der Waals surface area contributed by atoms with Gasteiger partial charge in [0.25, 0.3) is 0 Å². The Hall–Kier alpha value is -2.28. The predicted octanol–water partition coefficient (Wildman–Crippen LogP) is 0.391. The van der Waals surface area contributed by atoms with Crippen molar-refractivity contribution in [3.05, 3.63) is 28.2 Å². The molecule has 100 valence electrons. The van der Waals surface area contributed by atoms with Crippen molar-refractivity contribution in [1.82, 2.24) is 9.97 Å². The second kappa shape index (κ2) is 4.43. The molecule has 7 nitrogen and oxygen atoms in total. The number of morpholine rings is 1. The molecule has 0 unspecified atom stereocenters. The third kappa shape index (κ3) is 2.08. The fraction of sp³-hybridized carbons (Fsp3) is 0.333. The van der Waals surface area contributed by atoms with Crippen LogP contribution in [0.3, 0.4) is 0 Å². The molecule has 19 heavy (non-hydrogen) atoms. The summed E-state index contributed by atoms with van der Waals surface area (Å²) in [5.41, 5.74) is 1.30. The Kier molecular flexibility index (Phi) is 2.75. The summed E-state index contributed by atoms with van der Waals surface area (Å²) in [6, 6.07) is 3.37. The number of carbonyl (C=O) groups is 1. The van der Waals surface area contributed by atoms with Crippen molar-refractivity contribution < 1.29 is 14.6 Å². The summed E-state index contributed by atoms with van der Waals surface area (Å²) in [5.74, 6) is -1.06. The van der Waals surface area contributed by atoms with Gasteiger partial charge >= 0.3 is 11.7 Å². The van der Waals surface area contributed by atoms with E-state index in [9.17, 15) is 14.7 Å². The second-order valence-electron chi connectivity index (χ2n) is 4.40. The molecule has 0 aliphatic carbocycles. The lowest BCUT2D eigenvalue weighted by Crippen LogP contribution is -2.36. The van der Waals surface area contributed by atoms with Gasteiger partial charge in [-0.3, -0.25) is 0 Å². The topological polar surface area (TPSA) is 98.4 Å². The Bertz CT molecular complexity index is 682. The highest BCUT2D eigenvalue weighted by atomic mass is 16.5. The van der Waals surface area contributed by atoms with Crippen LogP contribution in [0, 0.1) is 0 Å². The van der Waals surface area contributed by atoms with E-state index in [2.05, 4.69) is 9.97 Å². The summed E-state index contributed by atoms with van der Waals surface area (Å²) in [6.45, 7) is 2.65.